The van der Waals surface area contributed by atoms with Crippen LogP contribution in [0.2, 0.25) is 0 Å². The molecule has 1 fully saturated rings. The predicted molar refractivity (Wildman–Crippen MR) is 144 cm³/mol. The standard InChI is InChI=1S/C30H40FN3/c1-22-8-12-27(29(18-22)32-23(2)19-30(5,6)7)13-9-24(3)34-17-16-33(20-25(34)4)21-26-10-14-28(31)15-11-26/h8-15,18,25,32H,2-3,16-17,19-21H2,1,4-7H3/b13-9+/t25-/m1/s1. The monoisotopic (exact) mass is 461 g/mol. The summed E-state index contributed by atoms with van der Waals surface area (Å²) < 4.78 is 13.2. The fourth-order valence-electron chi connectivity index (χ4n) is 4.53. The molecule has 0 spiro atoms. The number of nitrogens with zero attached hydrogens (tertiary/aromatic N) is 2. The zero-order chi connectivity index (χ0) is 24.9. The number of rotatable bonds is 8. The number of allylic oxidation sites excluding steroid dienone is 2. The molecular weight excluding hydrogens is 421 g/mol. The zero-order valence-electron chi connectivity index (χ0n) is 21.5. The van der Waals surface area contributed by atoms with Crippen LogP contribution >= 0.6 is 0 Å². The minimum absolute atomic E-state index is 0.185. The van der Waals surface area contributed by atoms with E-state index in [0.717, 1.165) is 60.8 Å². The van der Waals surface area contributed by atoms with Gasteiger partial charge in [-0.15, -0.1) is 0 Å². The molecule has 182 valence electrons. The molecule has 3 nitrogen and oxygen atoms in total. The van der Waals surface area contributed by atoms with Crippen LogP contribution in [0.4, 0.5) is 10.1 Å². The van der Waals surface area contributed by atoms with Gasteiger partial charge in [-0.25, -0.2) is 4.39 Å². The van der Waals surface area contributed by atoms with Crippen LogP contribution in [0.3, 0.4) is 0 Å². The number of hydrogen-bond donors (Lipinski definition) is 1. The Kier molecular flexibility index (Phi) is 8.37. The molecule has 0 aromatic heterocycles. The lowest BCUT2D eigenvalue weighted by atomic mass is 9.91. The largest absolute Gasteiger partial charge is 0.367 e. The molecule has 1 N–H and O–H groups in total. The first-order chi connectivity index (χ1) is 16.0. The predicted octanol–water partition coefficient (Wildman–Crippen LogP) is 7.23. The van der Waals surface area contributed by atoms with Gasteiger partial charge in [0, 0.05) is 49.3 Å². The third-order valence-corrected chi connectivity index (χ3v) is 6.12. The van der Waals surface area contributed by atoms with Crippen molar-refractivity contribution in [3.63, 3.8) is 0 Å². The minimum Gasteiger partial charge on any atom is -0.367 e. The van der Waals surface area contributed by atoms with Gasteiger partial charge in [-0.1, -0.05) is 64.3 Å². The van der Waals surface area contributed by atoms with E-state index in [-0.39, 0.29) is 11.2 Å². The Bertz CT molecular complexity index is 1030. The first kappa shape index (κ1) is 25.8. The van der Waals surface area contributed by atoms with Gasteiger partial charge in [-0.3, -0.25) is 4.90 Å². The summed E-state index contributed by atoms with van der Waals surface area (Å²) in [7, 11) is 0. The van der Waals surface area contributed by atoms with Crippen molar-refractivity contribution < 1.29 is 4.39 Å². The van der Waals surface area contributed by atoms with Crippen molar-refractivity contribution >= 4 is 11.8 Å². The molecule has 1 saturated heterocycles. The summed E-state index contributed by atoms with van der Waals surface area (Å²) in [5, 5.41) is 3.53. The second-order valence-electron chi connectivity index (χ2n) is 10.8. The first-order valence-corrected chi connectivity index (χ1v) is 12.2. The number of nitrogens with one attached hydrogen (secondary N) is 1. The van der Waals surface area contributed by atoms with Gasteiger partial charge >= 0.3 is 0 Å². The van der Waals surface area contributed by atoms with Gasteiger partial charge in [0.15, 0.2) is 0 Å². The van der Waals surface area contributed by atoms with Gasteiger partial charge in [0.2, 0.25) is 0 Å². The summed E-state index contributed by atoms with van der Waals surface area (Å²) in [6, 6.07) is 13.6. The van der Waals surface area contributed by atoms with E-state index in [1.54, 1.807) is 0 Å². The number of benzene rings is 2. The lowest BCUT2D eigenvalue weighted by molar-refractivity contribution is 0.109. The van der Waals surface area contributed by atoms with Crippen LogP contribution < -0.4 is 5.32 Å². The molecule has 2 aromatic rings. The minimum atomic E-state index is -0.185. The molecular formula is C30H40FN3. The topological polar surface area (TPSA) is 18.5 Å². The smallest absolute Gasteiger partial charge is 0.123 e. The summed E-state index contributed by atoms with van der Waals surface area (Å²) in [5.74, 6) is -0.185. The summed E-state index contributed by atoms with van der Waals surface area (Å²) in [4.78, 5) is 4.80. The number of anilines is 1. The summed E-state index contributed by atoms with van der Waals surface area (Å²) >= 11 is 0. The molecule has 0 bridgehead atoms. The molecule has 3 rings (SSSR count). The van der Waals surface area contributed by atoms with Crippen molar-refractivity contribution in [2.24, 2.45) is 5.41 Å². The fourth-order valence-corrected chi connectivity index (χ4v) is 4.53. The van der Waals surface area contributed by atoms with Gasteiger partial charge in [0.1, 0.15) is 5.82 Å². The lowest BCUT2D eigenvalue weighted by Gasteiger charge is -2.41. The average molecular weight is 462 g/mol. The summed E-state index contributed by atoms with van der Waals surface area (Å²) in [6.07, 6.45) is 5.18. The highest BCUT2D eigenvalue weighted by Crippen LogP contribution is 2.27. The van der Waals surface area contributed by atoms with Crippen molar-refractivity contribution in [1.82, 2.24) is 9.80 Å². The highest BCUT2D eigenvalue weighted by molar-refractivity contribution is 5.70. The van der Waals surface area contributed by atoms with Crippen molar-refractivity contribution in [2.75, 3.05) is 25.0 Å². The number of hydrogen-bond acceptors (Lipinski definition) is 3. The zero-order valence-corrected chi connectivity index (χ0v) is 21.5. The molecule has 1 aliphatic rings. The van der Waals surface area contributed by atoms with Gasteiger partial charge < -0.3 is 10.2 Å². The molecule has 0 radical (unpaired) electrons. The van der Waals surface area contributed by atoms with Crippen molar-refractivity contribution in [3.8, 4) is 0 Å². The Hall–Kier alpha value is -2.85. The summed E-state index contributed by atoms with van der Waals surface area (Å²) in [6.45, 7) is 23.3. The summed E-state index contributed by atoms with van der Waals surface area (Å²) in [5.41, 5.74) is 6.81. The molecule has 4 heteroatoms. The fraction of sp³-hybridized carbons (Fsp3) is 0.400. The third-order valence-electron chi connectivity index (χ3n) is 6.12. The van der Waals surface area contributed by atoms with Crippen LogP contribution in [0.5, 0.6) is 0 Å². The quantitative estimate of drug-likeness (QED) is 0.418. The van der Waals surface area contributed by atoms with Gasteiger partial charge in [0.05, 0.1) is 0 Å². The van der Waals surface area contributed by atoms with E-state index < -0.39 is 0 Å². The van der Waals surface area contributed by atoms with Gasteiger partial charge in [-0.05, 0) is 66.6 Å². The first-order valence-electron chi connectivity index (χ1n) is 12.2. The molecule has 0 unspecified atom stereocenters. The number of piperazine rings is 1. The third kappa shape index (κ3) is 7.59. The van der Waals surface area contributed by atoms with E-state index >= 15 is 0 Å². The van der Waals surface area contributed by atoms with E-state index in [0.29, 0.717) is 6.04 Å². The molecule has 34 heavy (non-hydrogen) atoms. The van der Waals surface area contributed by atoms with E-state index in [2.05, 4.69) is 93.2 Å². The molecule has 1 atom stereocenters. The van der Waals surface area contributed by atoms with Crippen molar-refractivity contribution in [1.29, 1.82) is 0 Å². The Labute approximate surface area is 205 Å². The molecule has 1 aliphatic heterocycles. The molecule has 1 heterocycles. The average Bonchev–Trinajstić information content (AvgIpc) is 2.73. The Morgan fingerprint density at radius 1 is 1.12 bits per heavy atom. The Balaban J connectivity index is 1.62. The van der Waals surface area contributed by atoms with Crippen LogP contribution in [0.1, 0.15) is 50.8 Å². The second kappa shape index (κ2) is 11.1. The molecule has 0 saturated carbocycles. The van der Waals surface area contributed by atoms with Crippen molar-refractivity contribution in [2.45, 2.75) is 53.6 Å². The molecule has 0 aliphatic carbocycles. The van der Waals surface area contributed by atoms with Crippen LogP contribution in [0, 0.1) is 18.2 Å². The van der Waals surface area contributed by atoms with E-state index in [9.17, 15) is 4.39 Å². The normalized spacial score (nSPS) is 17.2. The Morgan fingerprint density at radius 2 is 1.82 bits per heavy atom. The Morgan fingerprint density at radius 3 is 2.47 bits per heavy atom. The molecule has 2 aromatic carbocycles. The maximum absolute atomic E-state index is 13.2. The van der Waals surface area contributed by atoms with Crippen LogP contribution in [0.25, 0.3) is 6.08 Å². The van der Waals surface area contributed by atoms with E-state index in [4.69, 9.17) is 0 Å². The lowest BCUT2D eigenvalue weighted by Crippen LogP contribution is -2.50. The second-order valence-corrected chi connectivity index (χ2v) is 10.8. The molecule has 0 amide bonds. The van der Waals surface area contributed by atoms with Gasteiger partial charge in [0.25, 0.3) is 0 Å². The van der Waals surface area contributed by atoms with Crippen LogP contribution in [-0.4, -0.2) is 35.5 Å². The SMILES string of the molecule is C=C(CC(C)(C)C)Nc1cc(C)ccc1/C=C/C(=C)N1CCN(Cc2ccc(F)cc2)C[C@H]1C. The van der Waals surface area contributed by atoms with Crippen LogP contribution in [0.15, 0.2) is 73.1 Å². The maximum Gasteiger partial charge on any atom is 0.123 e. The van der Waals surface area contributed by atoms with Gasteiger partial charge in [-0.2, -0.15) is 0 Å². The number of halogens is 1. The highest BCUT2D eigenvalue weighted by atomic mass is 19.1. The van der Waals surface area contributed by atoms with E-state index in [1.165, 1.54) is 17.7 Å². The van der Waals surface area contributed by atoms with Crippen LogP contribution in [-0.2, 0) is 6.54 Å². The van der Waals surface area contributed by atoms with E-state index in [1.807, 2.05) is 12.1 Å². The maximum atomic E-state index is 13.2. The number of aryl methyl sites for hydroxylation is 1. The van der Waals surface area contributed by atoms with Crippen molar-refractivity contribution in [3.05, 3.63) is 95.6 Å². The highest BCUT2D eigenvalue weighted by Gasteiger charge is 2.23.